The number of hydrogen-bond acceptors (Lipinski definition) is 7. The maximum absolute atomic E-state index is 13.8. The van der Waals surface area contributed by atoms with Crippen LogP contribution in [0, 0.1) is 0 Å². The van der Waals surface area contributed by atoms with Crippen LogP contribution < -0.4 is 0 Å². The minimum atomic E-state index is -1.49. The number of carbonyl (C=O) groups excluding carboxylic acids is 3. The third kappa shape index (κ3) is 2.06. The number of rotatable bonds is 2. The van der Waals surface area contributed by atoms with Crippen LogP contribution in [0.3, 0.4) is 0 Å². The monoisotopic (exact) mass is 413 g/mol. The number of Topliss-reactive ketones (excluding diaryl/α,β-unsaturated/α-hetero) is 1. The van der Waals surface area contributed by atoms with E-state index >= 15 is 0 Å². The average Bonchev–Trinajstić information content (AvgIpc) is 3.33. The first-order valence-corrected chi connectivity index (χ1v) is 10.7. The van der Waals surface area contributed by atoms with Crippen LogP contribution >= 0.6 is 0 Å². The molecule has 4 atom stereocenters. The molecule has 5 aliphatic rings. The molecule has 1 aliphatic carbocycles. The fraction of sp³-hybridized carbons (Fsp3) is 0.609. The predicted molar refractivity (Wildman–Crippen MR) is 106 cm³/mol. The maximum atomic E-state index is 13.8. The Morgan fingerprint density at radius 2 is 1.90 bits per heavy atom. The molecule has 2 spiro atoms. The molecule has 4 heterocycles. The van der Waals surface area contributed by atoms with Crippen molar-refractivity contribution in [3.8, 4) is 0 Å². The maximum Gasteiger partial charge on any atom is 0.338 e. The third-order valence-corrected chi connectivity index (χ3v) is 7.80. The molecule has 5 rings (SSSR count). The normalized spacial score (nSPS) is 38.9. The van der Waals surface area contributed by atoms with E-state index in [1.54, 1.807) is 6.92 Å². The summed E-state index contributed by atoms with van der Waals surface area (Å²) in [7, 11) is 1.50. The predicted octanol–water partition coefficient (Wildman–Crippen LogP) is 2.36. The number of hydrogen-bond donors (Lipinski definition) is 0. The van der Waals surface area contributed by atoms with Gasteiger partial charge in [0, 0.05) is 18.0 Å². The van der Waals surface area contributed by atoms with Gasteiger partial charge in [-0.15, -0.1) is 0 Å². The molecule has 160 valence electrons. The van der Waals surface area contributed by atoms with Crippen LogP contribution in [0.2, 0.25) is 0 Å². The van der Waals surface area contributed by atoms with Crippen LogP contribution in [0.25, 0.3) is 0 Å². The van der Waals surface area contributed by atoms with Gasteiger partial charge in [-0.3, -0.25) is 9.69 Å². The van der Waals surface area contributed by atoms with E-state index in [1.807, 2.05) is 6.92 Å². The van der Waals surface area contributed by atoms with Gasteiger partial charge in [-0.25, -0.2) is 9.59 Å². The molecular formula is C23H27NO6. The summed E-state index contributed by atoms with van der Waals surface area (Å²) in [6.07, 6.45) is 4.27. The number of cyclic esters (lactones) is 1. The van der Waals surface area contributed by atoms with E-state index in [-0.39, 0.29) is 23.9 Å². The highest BCUT2D eigenvalue weighted by atomic mass is 16.6. The second kappa shape index (κ2) is 6.30. The second-order valence-corrected chi connectivity index (χ2v) is 9.03. The van der Waals surface area contributed by atoms with Gasteiger partial charge in [0.1, 0.15) is 6.10 Å². The SMILES string of the molecule is C=C1C[C@@H]([C@@H]2CC[C@]34C(=C(C)C(=O)[C@]35OC(=O)C(C)=C5OC)CCCCN24)OC1=O. The van der Waals surface area contributed by atoms with Gasteiger partial charge in [-0.05, 0) is 63.6 Å². The highest BCUT2D eigenvalue weighted by Gasteiger charge is 2.76. The molecule has 0 aromatic rings. The molecular weight excluding hydrogens is 386 g/mol. The Balaban J connectivity index is 1.69. The van der Waals surface area contributed by atoms with Crippen molar-refractivity contribution in [1.29, 1.82) is 0 Å². The highest BCUT2D eigenvalue weighted by Crippen LogP contribution is 2.62. The number of nitrogens with zero attached hydrogens (tertiary/aromatic N) is 1. The van der Waals surface area contributed by atoms with E-state index in [0.29, 0.717) is 35.3 Å². The molecule has 0 unspecified atom stereocenters. The summed E-state index contributed by atoms with van der Waals surface area (Å²) in [5, 5.41) is 0. The van der Waals surface area contributed by atoms with Crippen molar-refractivity contribution in [2.75, 3.05) is 13.7 Å². The molecule has 7 nitrogen and oxygen atoms in total. The fourth-order valence-corrected chi connectivity index (χ4v) is 6.62. The molecule has 0 saturated carbocycles. The van der Waals surface area contributed by atoms with Gasteiger partial charge in [-0.2, -0.15) is 0 Å². The smallest absolute Gasteiger partial charge is 0.338 e. The molecule has 3 fully saturated rings. The Morgan fingerprint density at radius 1 is 1.13 bits per heavy atom. The number of ketones is 1. The first kappa shape index (κ1) is 19.5. The number of methoxy groups -OCH3 is 1. The molecule has 30 heavy (non-hydrogen) atoms. The molecule has 0 aromatic heterocycles. The second-order valence-electron chi connectivity index (χ2n) is 9.03. The van der Waals surface area contributed by atoms with Crippen molar-refractivity contribution in [2.45, 2.75) is 75.7 Å². The largest absolute Gasteiger partial charge is 0.496 e. The summed E-state index contributed by atoms with van der Waals surface area (Å²) in [5.41, 5.74) is 0.286. The lowest BCUT2D eigenvalue weighted by Crippen LogP contribution is -2.66. The molecule has 0 amide bonds. The summed E-state index contributed by atoms with van der Waals surface area (Å²) >= 11 is 0. The van der Waals surface area contributed by atoms with Crippen LogP contribution in [-0.4, -0.2) is 59.6 Å². The first-order valence-electron chi connectivity index (χ1n) is 10.7. The molecule has 0 N–H and O–H groups in total. The van der Waals surface area contributed by atoms with Gasteiger partial charge in [0.05, 0.1) is 18.2 Å². The topological polar surface area (TPSA) is 82.1 Å². The molecule has 0 aromatic carbocycles. The van der Waals surface area contributed by atoms with Gasteiger partial charge >= 0.3 is 11.9 Å². The quantitative estimate of drug-likeness (QED) is 0.508. The standard InChI is InChI=1S/C23H27NO6/c1-12-11-17(29-20(12)26)16-8-9-22-15(7-5-6-10-24(16)22)13(2)18(25)23(22)19(28-4)14(3)21(27)30-23/h16-17H,1,5-11H2,2-4H3/t16-,17-,22-,23+/m0/s1. The zero-order valence-corrected chi connectivity index (χ0v) is 17.7. The van der Waals surface area contributed by atoms with Gasteiger partial charge < -0.3 is 14.2 Å². The van der Waals surface area contributed by atoms with Gasteiger partial charge in [-0.1, -0.05) is 6.58 Å². The van der Waals surface area contributed by atoms with E-state index in [9.17, 15) is 14.4 Å². The zero-order valence-electron chi connectivity index (χ0n) is 17.7. The summed E-state index contributed by atoms with van der Waals surface area (Å²) in [5.74, 6) is -0.704. The lowest BCUT2D eigenvalue weighted by molar-refractivity contribution is -0.168. The van der Waals surface area contributed by atoms with Crippen molar-refractivity contribution in [2.24, 2.45) is 0 Å². The Bertz CT molecular complexity index is 945. The van der Waals surface area contributed by atoms with Crippen molar-refractivity contribution >= 4 is 17.7 Å². The summed E-state index contributed by atoms with van der Waals surface area (Å²) < 4.78 is 17.4. The van der Waals surface area contributed by atoms with Crippen molar-refractivity contribution in [1.82, 2.24) is 4.90 Å². The van der Waals surface area contributed by atoms with Crippen LogP contribution in [0.5, 0.6) is 0 Å². The average molecular weight is 413 g/mol. The Hall–Kier alpha value is -2.41. The highest BCUT2D eigenvalue weighted by molar-refractivity contribution is 6.14. The van der Waals surface area contributed by atoms with Gasteiger partial charge in [0.25, 0.3) is 5.60 Å². The van der Waals surface area contributed by atoms with Gasteiger partial charge in [0.15, 0.2) is 5.76 Å². The Labute approximate surface area is 175 Å². The molecule has 0 radical (unpaired) electrons. The van der Waals surface area contributed by atoms with Crippen LogP contribution in [0.1, 0.15) is 52.4 Å². The van der Waals surface area contributed by atoms with Crippen LogP contribution in [0.4, 0.5) is 0 Å². The van der Waals surface area contributed by atoms with E-state index in [1.165, 1.54) is 7.11 Å². The zero-order chi connectivity index (χ0) is 21.4. The Kier molecular flexibility index (Phi) is 4.10. The summed E-state index contributed by atoms with van der Waals surface area (Å²) in [6, 6.07) is -0.0606. The van der Waals surface area contributed by atoms with E-state index in [4.69, 9.17) is 14.2 Å². The number of esters is 2. The van der Waals surface area contributed by atoms with Gasteiger partial charge in [0.2, 0.25) is 5.78 Å². The lowest BCUT2D eigenvalue weighted by Gasteiger charge is -2.48. The minimum absolute atomic E-state index is 0.0606. The molecule has 7 heteroatoms. The molecule has 3 saturated heterocycles. The third-order valence-electron chi connectivity index (χ3n) is 7.80. The van der Waals surface area contributed by atoms with Crippen LogP contribution in [-0.2, 0) is 28.6 Å². The van der Waals surface area contributed by atoms with Crippen molar-refractivity contribution in [3.05, 3.63) is 34.6 Å². The lowest BCUT2D eigenvalue weighted by atomic mass is 9.73. The fourth-order valence-electron chi connectivity index (χ4n) is 6.62. The van der Waals surface area contributed by atoms with Crippen molar-refractivity contribution in [3.63, 3.8) is 0 Å². The van der Waals surface area contributed by atoms with Crippen LogP contribution in [0.15, 0.2) is 34.6 Å². The summed E-state index contributed by atoms with van der Waals surface area (Å²) in [6.45, 7) is 8.07. The molecule has 4 aliphatic heterocycles. The van der Waals surface area contributed by atoms with E-state index < -0.39 is 17.1 Å². The van der Waals surface area contributed by atoms with Crippen molar-refractivity contribution < 1.29 is 28.6 Å². The summed E-state index contributed by atoms with van der Waals surface area (Å²) in [4.78, 5) is 40.8. The van der Waals surface area contributed by atoms with E-state index in [2.05, 4.69) is 11.5 Å². The first-order chi connectivity index (χ1) is 14.3. The van der Waals surface area contributed by atoms with E-state index in [0.717, 1.165) is 37.8 Å². The minimum Gasteiger partial charge on any atom is -0.496 e. The number of ether oxygens (including phenoxy) is 3. The molecule has 0 bridgehead atoms. The Morgan fingerprint density at radius 3 is 2.57 bits per heavy atom. The number of carbonyl (C=O) groups is 3.